The van der Waals surface area contributed by atoms with Crippen molar-refractivity contribution in [1.29, 1.82) is 0 Å². The van der Waals surface area contributed by atoms with Gasteiger partial charge in [0, 0.05) is 19.1 Å². The monoisotopic (exact) mass is 114 g/mol. The Hall–Kier alpha value is -0.120. The van der Waals surface area contributed by atoms with Crippen LogP contribution < -0.4 is 10.6 Å². The first-order valence-electron chi connectivity index (χ1n) is 3.03. The highest BCUT2D eigenvalue weighted by Gasteiger charge is 2.26. The standard InChI is InChI=1S/C5H10N2O/c1-4-3-8-5(7-1)2-6-4/h4-7H,1-3H2/t4-,5+/m0/s1. The van der Waals surface area contributed by atoms with Gasteiger partial charge in [0.25, 0.3) is 0 Å². The summed E-state index contributed by atoms with van der Waals surface area (Å²) in [6.07, 6.45) is 0.292. The molecule has 0 amide bonds. The van der Waals surface area contributed by atoms with Crippen LogP contribution in [0.25, 0.3) is 0 Å². The minimum atomic E-state index is 0.292. The summed E-state index contributed by atoms with van der Waals surface area (Å²) >= 11 is 0. The van der Waals surface area contributed by atoms with Crippen LogP contribution in [0.5, 0.6) is 0 Å². The zero-order valence-electron chi connectivity index (χ0n) is 4.68. The highest BCUT2D eigenvalue weighted by atomic mass is 16.5. The molecule has 3 heterocycles. The fourth-order valence-corrected chi connectivity index (χ4v) is 1.16. The van der Waals surface area contributed by atoms with Crippen molar-refractivity contribution in [2.75, 3.05) is 19.7 Å². The van der Waals surface area contributed by atoms with E-state index in [1.807, 2.05) is 0 Å². The molecule has 0 radical (unpaired) electrons. The molecule has 2 bridgehead atoms. The second-order valence-electron chi connectivity index (χ2n) is 2.34. The molecule has 3 saturated heterocycles. The highest BCUT2D eigenvalue weighted by molar-refractivity contribution is 4.83. The van der Waals surface area contributed by atoms with Crippen molar-refractivity contribution in [3.63, 3.8) is 0 Å². The quantitative estimate of drug-likeness (QED) is 0.419. The van der Waals surface area contributed by atoms with Crippen molar-refractivity contribution in [3.05, 3.63) is 0 Å². The van der Waals surface area contributed by atoms with Crippen molar-refractivity contribution >= 4 is 0 Å². The van der Waals surface area contributed by atoms with Crippen LogP contribution in [0, 0.1) is 0 Å². The maximum absolute atomic E-state index is 5.30. The minimum absolute atomic E-state index is 0.292. The molecule has 2 N–H and O–H groups in total. The molecular formula is C5H10N2O. The first-order valence-corrected chi connectivity index (χ1v) is 3.03. The van der Waals surface area contributed by atoms with Gasteiger partial charge in [0.15, 0.2) is 0 Å². The molecule has 46 valence electrons. The van der Waals surface area contributed by atoms with Gasteiger partial charge in [0.2, 0.25) is 0 Å². The zero-order valence-corrected chi connectivity index (χ0v) is 4.68. The van der Waals surface area contributed by atoms with Gasteiger partial charge in [0.05, 0.1) is 6.61 Å². The third kappa shape index (κ3) is 0.632. The summed E-state index contributed by atoms with van der Waals surface area (Å²) in [4.78, 5) is 0. The summed E-state index contributed by atoms with van der Waals surface area (Å²) in [5.41, 5.74) is 0. The fraction of sp³-hybridized carbons (Fsp3) is 1.00. The lowest BCUT2D eigenvalue weighted by Gasteiger charge is -2.37. The molecule has 0 spiro atoms. The van der Waals surface area contributed by atoms with Gasteiger partial charge in [-0.2, -0.15) is 0 Å². The van der Waals surface area contributed by atoms with Gasteiger partial charge in [0.1, 0.15) is 6.23 Å². The predicted octanol–water partition coefficient (Wildman–Crippen LogP) is -1.10. The molecule has 0 aliphatic carbocycles. The van der Waals surface area contributed by atoms with Crippen LogP contribution in [0.4, 0.5) is 0 Å². The van der Waals surface area contributed by atoms with Crippen LogP contribution in [0.2, 0.25) is 0 Å². The SMILES string of the molecule is C1N[C@H]2CN[C@@H]1CO2. The third-order valence-electron chi connectivity index (χ3n) is 1.68. The number of piperazine rings is 1. The highest BCUT2D eigenvalue weighted by Crippen LogP contribution is 2.03. The van der Waals surface area contributed by atoms with Crippen molar-refractivity contribution in [1.82, 2.24) is 10.6 Å². The Morgan fingerprint density at radius 3 is 2.38 bits per heavy atom. The van der Waals surface area contributed by atoms with E-state index in [0.717, 1.165) is 19.7 Å². The number of ether oxygens (including phenoxy) is 1. The van der Waals surface area contributed by atoms with E-state index < -0.39 is 0 Å². The van der Waals surface area contributed by atoms with E-state index in [2.05, 4.69) is 10.6 Å². The number of hydrogen-bond acceptors (Lipinski definition) is 3. The lowest BCUT2D eigenvalue weighted by Crippen LogP contribution is -2.62. The van der Waals surface area contributed by atoms with Crippen molar-refractivity contribution in [2.24, 2.45) is 0 Å². The Bertz CT molecular complexity index is 65.4. The van der Waals surface area contributed by atoms with Crippen LogP contribution in [-0.4, -0.2) is 32.0 Å². The van der Waals surface area contributed by atoms with Crippen molar-refractivity contribution in [3.8, 4) is 0 Å². The van der Waals surface area contributed by atoms with Gasteiger partial charge in [-0.25, -0.2) is 0 Å². The topological polar surface area (TPSA) is 33.3 Å². The number of rotatable bonds is 0. The average Bonchev–Trinajstić information content (AvgIpc) is 1.92. The largest absolute Gasteiger partial charge is 0.360 e. The smallest absolute Gasteiger partial charge is 0.120 e. The summed E-state index contributed by atoms with van der Waals surface area (Å²) in [7, 11) is 0. The molecule has 0 aromatic rings. The second kappa shape index (κ2) is 1.69. The van der Waals surface area contributed by atoms with E-state index in [1.54, 1.807) is 0 Å². The number of hydrogen-bond donors (Lipinski definition) is 2. The molecule has 3 nitrogen and oxygen atoms in total. The number of fused-ring (bicyclic) bond motifs is 3. The van der Waals surface area contributed by atoms with Gasteiger partial charge in [-0.05, 0) is 0 Å². The Morgan fingerprint density at radius 2 is 2.25 bits per heavy atom. The van der Waals surface area contributed by atoms with Crippen LogP contribution >= 0.6 is 0 Å². The number of nitrogens with one attached hydrogen (secondary N) is 2. The van der Waals surface area contributed by atoms with Gasteiger partial charge >= 0.3 is 0 Å². The Kier molecular flexibility index (Phi) is 0.997. The van der Waals surface area contributed by atoms with Crippen LogP contribution in [-0.2, 0) is 4.74 Å². The van der Waals surface area contributed by atoms with Crippen LogP contribution in [0.1, 0.15) is 0 Å². The fourth-order valence-electron chi connectivity index (χ4n) is 1.16. The van der Waals surface area contributed by atoms with Crippen LogP contribution in [0.15, 0.2) is 0 Å². The van der Waals surface area contributed by atoms with E-state index >= 15 is 0 Å². The zero-order chi connectivity index (χ0) is 5.40. The van der Waals surface area contributed by atoms with E-state index in [9.17, 15) is 0 Å². The van der Waals surface area contributed by atoms with E-state index in [4.69, 9.17) is 4.74 Å². The van der Waals surface area contributed by atoms with E-state index in [0.29, 0.717) is 12.3 Å². The average molecular weight is 114 g/mol. The van der Waals surface area contributed by atoms with Crippen molar-refractivity contribution < 1.29 is 4.74 Å². The van der Waals surface area contributed by atoms with Gasteiger partial charge in [-0.15, -0.1) is 0 Å². The van der Waals surface area contributed by atoms with Crippen LogP contribution in [0.3, 0.4) is 0 Å². The minimum Gasteiger partial charge on any atom is -0.360 e. The molecule has 3 aliphatic rings. The summed E-state index contributed by atoms with van der Waals surface area (Å²) in [5, 5.41) is 6.56. The third-order valence-corrected chi connectivity index (χ3v) is 1.68. The summed E-state index contributed by atoms with van der Waals surface area (Å²) < 4.78 is 5.30. The molecular weight excluding hydrogens is 104 g/mol. The Balaban J connectivity index is 2.03. The first-order chi connectivity index (χ1) is 3.95. The molecule has 0 saturated carbocycles. The maximum Gasteiger partial charge on any atom is 0.120 e. The second-order valence-corrected chi connectivity index (χ2v) is 2.34. The summed E-state index contributed by atoms with van der Waals surface area (Å²) in [6.45, 7) is 2.94. The summed E-state index contributed by atoms with van der Waals surface area (Å²) in [6, 6.07) is 0.569. The molecule has 0 unspecified atom stereocenters. The molecule has 3 heteroatoms. The Morgan fingerprint density at radius 1 is 1.25 bits per heavy atom. The molecule has 2 atom stereocenters. The molecule has 3 fully saturated rings. The predicted molar refractivity (Wildman–Crippen MR) is 29.5 cm³/mol. The number of morpholine rings is 1. The first kappa shape index (κ1) is 4.73. The summed E-state index contributed by atoms with van der Waals surface area (Å²) in [5.74, 6) is 0. The van der Waals surface area contributed by atoms with E-state index in [1.165, 1.54) is 0 Å². The van der Waals surface area contributed by atoms with E-state index in [-0.39, 0.29) is 0 Å². The molecule has 8 heavy (non-hydrogen) atoms. The normalized spacial score (nSPS) is 45.0. The maximum atomic E-state index is 5.30. The molecule has 0 aromatic carbocycles. The molecule has 3 rings (SSSR count). The van der Waals surface area contributed by atoms with Gasteiger partial charge < -0.3 is 10.1 Å². The van der Waals surface area contributed by atoms with Crippen molar-refractivity contribution in [2.45, 2.75) is 12.3 Å². The lowest BCUT2D eigenvalue weighted by molar-refractivity contribution is -0.0504. The molecule has 0 aromatic heterocycles. The van der Waals surface area contributed by atoms with Gasteiger partial charge in [-0.1, -0.05) is 0 Å². The Labute approximate surface area is 48.4 Å². The molecule has 3 aliphatic heterocycles. The lowest BCUT2D eigenvalue weighted by atomic mass is 10.2. The van der Waals surface area contributed by atoms with Gasteiger partial charge in [-0.3, -0.25) is 5.32 Å².